The van der Waals surface area contributed by atoms with Crippen molar-refractivity contribution in [3.8, 4) is 11.3 Å². The molecule has 3 heteroatoms. The largest absolute Gasteiger partial charge is 0.329 e. The van der Waals surface area contributed by atoms with Crippen LogP contribution >= 0.6 is 0 Å². The van der Waals surface area contributed by atoms with Crippen LogP contribution in [0.4, 0.5) is 0 Å². The molecular formula is C14H17N3. The number of fused-ring (bicyclic) bond motifs is 1. The third-order valence-corrected chi connectivity index (χ3v) is 3.33. The minimum atomic E-state index is 0.889. The molecule has 2 aromatic rings. The molecule has 1 aliphatic rings. The second-order valence-corrected chi connectivity index (χ2v) is 4.37. The molecule has 3 rings (SSSR count). The van der Waals surface area contributed by atoms with Crippen molar-refractivity contribution in [1.82, 2.24) is 14.9 Å². The quantitative estimate of drug-likeness (QED) is 0.852. The molecule has 0 saturated heterocycles. The molecule has 17 heavy (non-hydrogen) atoms. The first-order valence-electron chi connectivity index (χ1n) is 6.24. The molecule has 1 aromatic carbocycles. The third-order valence-electron chi connectivity index (χ3n) is 3.33. The van der Waals surface area contributed by atoms with Crippen LogP contribution in [0.1, 0.15) is 18.4 Å². The van der Waals surface area contributed by atoms with Crippen molar-refractivity contribution in [3.05, 3.63) is 41.9 Å². The topological polar surface area (TPSA) is 29.9 Å². The molecule has 0 unspecified atom stereocenters. The number of nitrogens with one attached hydrogen (secondary N) is 1. The molecular weight excluding hydrogens is 210 g/mol. The predicted octanol–water partition coefficient (Wildman–Crippen LogP) is 2.22. The van der Waals surface area contributed by atoms with E-state index >= 15 is 0 Å². The highest BCUT2D eigenvalue weighted by atomic mass is 15.2. The lowest BCUT2D eigenvalue weighted by molar-refractivity contribution is 0.495. The average molecular weight is 227 g/mol. The van der Waals surface area contributed by atoms with Gasteiger partial charge >= 0.3 is 0 Å². The average Bonchev–Trinajstić information content (AvgIpc) is 2.78. The fraction of sp³-hybridized carbons (Fsp3) is 0.357. The zero-order valence-electron chi connectivity index (χ0n) is 10.1. The van der Waals surface area contributed by atoms with Crippen LogP contribution in [-0.2, 0) is 19.5 Å². The maximum atomic E-state index is 4.79. The number of hydrogen-bond acceptors (Lipinski definition) is 2. The maximum Gasteiger partial charge on any atom is 0.123 e. The smallest absolute Gasteiger partial charge is 0.123 e. The second-order valence-electron chi connectivity index (χ2n) is 4.37. The monoisotopic (exact) mass is 227 g/mol. The molecule has 0 saturated carbocycles. The van der Waals surface area contributed by atoms with Crippen LogP contribution in [-0.4, -0.2) is 16.1 Å². The summed E-state index contributed by atoms with van der Waals surface area (Å²) in [5, 5.41) is 3.37. The summed E-state index contributed by atoms with van der Waals surface area (Å²) in [5.74, 6) is 1.17. The Morgan fingerprint density at radius 3 is 2.88 bits per heavy atom. The number of benzene rings is 1. The van der Waals surface area contributed by atoms with Crippen LogP contribution in [0.2, 0.25) is 0 Å². The second kappa shape index (κ2) is 4.34. The van der Waals surface area contributed by atoms with E-state index in [0.29, 0.717) is 0 Å². The van der Waals surface area contributed by atoms with Crippen molar-refractivity contribution in [1.29, 1.82) is 0 Å². The minimum Gasteiger partial charge on any atom is -0.329 e. The van der Waals surface area contributed by atoms with E-state index in [1.54, 1.807) is 0 Å². The molecule has 0 radical (unpaired) electrons. The third kappa shape index (κ3) is 1.76. The molecule has 0 atom stereocenters. The fourth-order valence-electron chi connectivity index (χ4n) is 2.51. The summed E-state index contributed by atoms with van der Waals surface area (Å²) < 4.78 is 2.37. The summed E-state index contributed by atoms with van der Waals surface area (Å²) in [4.78, 5) is 4.79. The van der Waals surface area contributed by atoms with Crippen molar-refractivity contribution in [3.63, 3.8) is 0 Å². The van der Waals surface area contributed by atoms with Crippen LogP contribution in [0.25, 0.3) is 11.3 Å². The van der Waals surface area contributed by atoms with E-state index in [9.17, 15) is 0 Å². The Hall–Kier alpha value is -1.61. The van der Waals surface area contributed by atoms with Gasteiger partial charge in [-0.3, -0.25) is 0 Å². The summed E-state index contributed by atoms with van der Waals surface area (Å²) in [6.45, 7) is 5.18. The van der Waals surface area contributed by atoms with Gasteiger partial charge in [-0.15, -0.1) is 0 Å². The highest BCUT2D eigenvalue weighted by Gasteiger charge is 2.18. The van der Waals surface area contributed by atoms with Crippen molar-refractivity contribution in [2.75, 3.05) is 6.54 Å². The highest BCUT2D eigenvalue weighted by Crippen LogP contribution is 2.25. The zero-order chi connectivity index (χ0) is 11.7. The Morgan fingerprint density at radius 1 is 1.29 bits per heavy atom. The van der Waals surface area contributed by atoms with Crippen LogP contribution in [0.5, 0.6) is 0 Å². The van der Waals surface area contributed by atoms with Crippen molar-refractivity contribution < 1.29 is 0 Å². The molecule has 1 aliphatic heterocycles. The molecule has 2 heterocycles. The number of aromatic nitrogens is 2. The lowest BCUT2D eigenvalue weighted by Crippen LogP contribution is -2.29. The van der Waals surface area contributed by atoms with E-state index < -0.39 is 0 Å². The van der Waals surface area contributed by atoms with Crippen molar-refractivity contribution >= 4 is 0 Å². The van der Waals surface area contributed by atoms with E-state index in [4.69, 9.17) is 4.98 Å². The fourth-order valence-corrected chi connectivity index (χ4v) is 2.51. The van der Waals surface area contributed by atoms with Crippen LogP contribution < -0.4 is 5.32 Å². The van der Waals surface area contributed by atoms with Gasteiger partial charge in [0.1, 0.15) is 5.82 Å². The van der Waals surface area contributed by atoms with Crippen molar-refractivity contribution in [2.24, 2.45) is 0 Å². The molecule has 0 spiro atoms. The summed E-state index contributed by atoms with van der Waals surface area (Å²) >= 11 is 0. The maximum absolute atomic E-state index is 4.79. The van der Waals surface area contributed by atoms with Gasteiger partial charge in [0.25, 0.3) is 0 Å². The Balaban J connectivity index is 2.14. The normalized spacial score (nSPS) is 14.6. The van der Waals surface area contributed by atoms with E-state index in [1.165, 1.54) is 17.1 Å². The minimum absolute atomic E-state index is 0.889. The van der Waals surface area contributed by atoms with Gasteiger partial charge in [-0.1, -0.05) is 37.3 Å². The number of imidazole rings is 1. The van der Waals surface area contributed by atoms with Crippen LogP contribution in [0.3, 0.4) is 0 Å². The molecule has 1 aromatic heterocycles. The van der Waals surface area contributed by atoms with E-state index in [-0.39, 0.29) is 0 Å². The Morgan fingerprint density at radius 2 is 2.12 bits per heavy atom. The highest BCUT2D eigenvalue weighted by molar-refractivity contribution is 5.62. The first-order chi connectivity index (χ1) is 8.40. The number of rotatable bonds is 2. The lowest BCUT2D eigenvalue weighted by atomic mass is 10.1. The summed E-state index contributed by atoms with van der Waals surface area (Å²) in [7, 11) is 0. The van der Waals surface area contributed by atoms with Crippen LogP contribution in [0.15, 0.2) is 30.3 Å². The molecule has 88 valence electrons. The van der Waals surface area contributed by atoms with E-state index in [2.05, 4.69) is 41.1 Å². The summed E-state index contributed by atoms with van der Waals surface area (Å²) in [6, 6.07) is 10.5. The SMILES string of the molecule is CCc1c(-c2ccccc2)nc2n1CCNC2. The Kier molecular flexibility index (Phi) is 2.69. The van der Waals surface area contributed by atoms with Gasteiger partial charge in [0.05, 0.1) is 12.2 Å². The van der Waals surface area contributed by atoms with Gasteiger partial charge in [-0.2, -0.15) is 0 Å². The van der Waals surface area contributed by atoms with Gasteiger partial charge in [0, 0.05) is 24.3 Å². The molecule has 0 fully saturated rings. The molecule has 3 nitrogen and oxygen atoms in total. The lowest BCUT2D eigenvalue weighted by Gasteiger charge is -2.17. The standard InChI is InChI=1S/C14H17N3/c1-2-12-14(11-6-4-3-5-7-11)16-13-10-15-8-9-17(12)13/h3-7,15H,2,8-10H2,1H3. The van der Waals surface area contributed by atoms with Gasteiger partial charge in [-0.05, 0) is 6.42 Å². The van der Waals surface area contributed by atoms with E-state index in [1.807, 2.05) is 6.07 Å². The van der Waals surface area contributed by atoms with Gasteiger partial charge in [-0.25, -0.2) is 4.98 Å². The number of hydrogen-bond donors (Lipinski definition) is 1. The first kappa shape index (κ1) is 10.5. The van der Waals surface area contributed by atoms with Gasteiger partial charge in [0.15, 0.2) is 0 Å². The Bertz CT molecular complexity index is 514. The molecule has 0 aliphatic carbocycles. The van der Waals surface area contributed by atoms with Gasteiger partial charge < -0.3 is 9.88 Å². The predicted molar refractivity (Wildman–Crippen MR) is 68.7 cm³/mol. The van der Waals surface area contributed by atoms with E-state index in [0.717, 1.165) is 31.7 Å². The molecule has 0 amide bonds. The zero-order valence-corrected chi connectivity index (χ0v) is 10.1. The van der Waals surface area contributed by atoms with Gasteiger partial charge in [0.2, 0.25) is 0 Å². The first-order valence-corrected chi connectivity index (χ1v) is 6.24. The molecule has 0 bridgehead atoms. The Labute approximate surface area is 101 Å². The molecule has 1 N–H and O–H groups in total. The summed E-state index contributed by atoms with van der Waals surface area (Å²) in [6.07, 6.45) is 1.04. The van der Waals surface area contributed by atoms with Crippen LogP contribution in [0, 0.1) is 0 Å². The van der Waals surface area contributed by atoms with Crippen molar-refractivity contribution in [2.45, 2.75) is 26.4 Å². The summed E-state index contributed by atoms with van der Waals surface area (Å²) in [5.41, 5.74) is 3.76. The number of nitrogens with zero attached hydrogens (tertiary/aromatic N) is 2.